The maximum Gasteiger partial charge on any atom is 0.119 e. The van der Waals surface area contributed by atoms with Crippen LogP contribution in [0.4, 0.5) is 5.69 Å². The van der Waals surface area contributed by atoms with Crippen molar-refractivity contribution < 1.29 is 9.84 Å². The molecule has 0 fully saturated rings. The van der Waals surface area contributed by atoms with Crippen molar-refractivity contribution in [2.45, 2.75) is 31.7 Å². The molecule has 0 radical (unpaired) electrons. The van der Waals surface area contributed by atoms with Crippen LogP contribution in [0.15, 0.2) is 42.5 Å². The highest BCUT2D eigenvalue weighted by atomic mass is 16.5. The lowest BCUT2D eigenvalue weighted by Crippen LogP contribution is -2.27. The van der Waals surface area contributed by atoms with Crippen molar-refractivity contribution in [2.24, 2.45) is 0 Å². The summed E-state index contributed by atoms with van der Waals surface area (Å²) in [6.45, 7) is 0.184. The van der Waals surface area contributed by atoms with Crippen LogP contribution in [-0.2, 0) is 19.3 Å². The Labute approximate surface area is 131 Å². The largest absolute Gasteiger partial charge is 0.497 e. The van der Waals surface area contributed by atoms with Crippen molar-refractivity contribution in [3.8, 4) is 5.75 Å². The average molecular weight is 297 g/mol. The highest BCUT2D eigenvalue weighted by Gasteiger charge is 2.19. The molecule has 0 heterocycles. The van der Waals surface area contributed by atoms with E-state index in [1.165, 1.54) is 16.7 Å². The van der Waals surface area contributed by atoms with Crippen molar-refractivity contribution >= 4 is 5.69 Å². The Morgan fingerprint density at radius 2 is 2.05 bits per heavy atom. The molecule has 2 aromatic carbocycles. The SMILES string of the molecule is COc1ccc2c(c1)CC(Nc1ccccc1CCO)CC2. The first-order valence-corrected chi connectivity index (χ1v) is 7.91. The van der Waals surface area contributed by atoms with Gasteiger partial charge in [0.2, 0.25) is 0 Å². The average Bonchev–Trinajstić information content (AvgIpc) is 2.56. The zero-order chi connectivity index (χ0) is 15.4. The second-order valence-corrected chi connectivity index (χ2v) is 5.85. The summed E-state index contributed by atoms with van der Waals surface area (Å²) in [5.74, 6) is 0.931. The normalized spacial score (nSPS) is 16.9. The van der Waals surface area contributed by atoms with Crippen LogP contribution in [0.5, 0.6) is 5.75 Å². The molecule has 1 atom stereocenters. The zero-order valence-corrected chi connectivity index (χ0v) is 13.0. The van der Waals surface area contributed by atoms with E-state index in [2.05, 4.69) is 29.6 Å². The summed E-state index contributed by atoms with van der Waals surface area (Å²) >= 11 is 0. The summed E-state index contributed by atoms with van der Waals surface area (Å²) in [5, 5.41) is 12.9. The van der Waals surface area contributed by atoms with Crippen LogP contribution < -0.4 is 10.1 Å². The maximum atomic E-state index is 9.20. The fourth-order valence-electron chi connectivity index (χ4n) is 3.20. The van der Waals surface area contributed by atoms with Crippen molar-refractivity contribution in [3.05, 3.63) is 59.2 Å². The molecule has 3 nitrogen and oxygen atoms in total. The number of hydrogen-bond donors (Lipinski definition) is 2. The van der Waals surface area contributed by atoms with E-state index in [1.54, 1.807) is 7.11 Å². The van der Waals surface area contributed by atoms with Gasteiger partial charge in [0.1, 0.15) is 5.75 Å². The molecule has 22 heavy (non-hydrogen) atoms. The lowest BCUT2D eigenvalue weighted by atomic mass is 9.88. The number of nitrogens with one attached hydrogen (secondary N) is 1. The molecule has 2 N–H and O–H groups in total. The monoisotopic (exact) mass is 297 g/mol. The Morgan fingerprint density at radius 1 is 1.18 bits per heavy atom. The van der Waals surface area contributed by atoms with Crippen LogP contribution in [0.1, 0.15) is 23.1 Å². The molecule has 0 amide bonds. The predicted octanol–water partition coefficient (Wildman–Crippen LogP) is 3.20. The molecule has 0 aliphatic heterocycles. The number of fused-ring (bicyclic) bond motifs is 1. The molecule has 116 valence electrons. The van der Waals surface area contributed by atoms with Gasteiger partial charge < -0.3 is 15.2 Å². The van der Waals surface area contributed by atoms with E-state index in [4.69, 9.17) is 4.74 Å². The Hall–Kier alpha value is -2.00. The van der Waals surface area contributed by atoms with E-state index in [9.17, 15) is 5.11 Å². The van der Waals surface area contributed by atoms with Crippen molar-refractivity contribution in [1.82, 2.24) is 0 Å². The second-order valence-electron chi connectivity index (χ2n) is 5.85. The number of rotatable bonds is 5. The van der Waals surface area contributed by atoms with Gasteiger partial charge in [-0.05, 0) is 60.6 Å². The standard InChI is InChI=1S/C19H23NO2/c1-22-18-9-7-14-6-8-17(12-16(14)13-18)20-19-5-3-2-4-15(19)10-11-21/h2-5,7,9,13,17,20-21H,6,8,10-12H2,1H3. The van der Waals surface area contributed by atoms with E-state index in [0.717, 1.165) is 30.7 Å². The number of para-hydroxylation sites is 1. The first-order chi connectivity index (χ1) is 10.8. The van der Waals surface area contributed by atoms with E-state index >= 15 is 0 Å². The number of hydrogen-bond acceptors (Lipinski definition) is 3. The van der Waals surface area contributed by atoms with Crippen molar-refractivity contribution in [3.63, 3.8) is 0 Å². The van der Waals surface area contributed by atoms with Gasteiger partial charge in [0.05, 0.1) is 7.11 Å². The van der Waals surface area contributed by atoms with Crippen molar-refractivity contribution in [2.75, 3.05) is 19.0 Å². The minimum absolute atomic E-state index is 0.184. The van der Waals surface area contributed by atoms with Gasteiger partial charge >= 0.3 is 0 Å². The van der Waals surface area contributed by atoms with Crippen LogP contribution in [0.25, 0.3) is 0 Å². The summed E-state index contributed by atoms with van der Waals surface area (Å²) in [5.41, 5.74) is 5.14. The van der Waals surface area contributed by atoms with Gasteiger partial charge in [-0.3, -0.25) is 0 Å². The summed E-state index contributed by atoms with van der Waals surface area (Å²) < 4.78 is 5.34. The molecule has 0 aromatic heterocycles. The molecule has 0 saturated carbocycles. The minimum atomic E-state index is 0.184. The van der Waals surface area contributed by atoms with Gasteiger partial charge in [0.15, 0.2) is 0 Å². The molecule has 1 aliphatic carbocycles. The van der Waals surface area contributed by atoms with Gasteiger partial charge in [0.25, 0.3) is 0 Å². The molecule has 2 aromatic rings. The Morgan fingerprint density at radius 3 is 2.86 bits per heavy atom. The van der Waals surface area contributed by atoms with Gasteiger partial charge in [-0.2, -0.15) is 0 Å². The number of anilines is 1. The highest BCUT2D eigenvalue weighted by molar-refractivity contribution is 5.52. The van der Waals surface area contributed by atoms with Gasteiger partial charge in [0, 0.05) is 18.3 Å². The topological polar surface area (TPSA) is 41.5 Å². The van der Waals surface area contributed by atoms with Gasteiger partial charge in [-0.1, -0.05) is 24.3 Å². The fourth-order valence-corrected chi connectivity index (χ4v) is 3.20. The third-order valence-electron chi connectivity index (χ3n) is 4.40. The fraction of sp³-hybridized carbons (Fsp3) is 0.368. The number of benzene rings is 2. The van der Waals surface area contributed by atoms with Crippen LogP contribution >= 0.6 is 0 Å². The molecule has 3 rings (SSSR count). The molecular weight excluding hydrogens is 274 g/mol. The van der Waals surface area contributed by atoms with Crippen LogP contribution in [0.3, 0.4) is 0 Å². The van der Waals surface area contributed by atoms with Crippen molar-refractivity contribution in [1.29, 1.82) is 0 Å². The zero-order valence-electron chi connectivity index (χ0n) is 13.0. The number of ether oxygens (including phenoxy) is 1. The summed E-state index contributed by atoms with van der Waals surface area (Å²) in [4.78, 5) is 0. The first kappa shape index (κ1) is 14.9. The Kier molecular flexibility index (Phi) is 4.64. The molecule has 0 bridgehead atoms. The molecular formula is C19H23NO2. The maximum absolute atomic E-state index is 9.20. The summed E-state index contributed by atoms with van der Waals surface area (Å²) in [6.07, 6.45) is 3.94. The number of aliphatic hydroxyl groups is 1. The van der Waals surface area contributed by atoms with Crippen LogP contribution in [0.2, 0.25) is 0 Å². The van der Waals surface area contributed by atoms with E-state index in [1.807, 2.05) is 18.2 Å². The first-order valence-electron chi connectivity index (χ1n) is 7.91. The van der Waals surface area contributed by atoms with Gasteiger partial charge in [-0.15, -0.1) is 0 Å². The van der Waals surface area contributed by atoms with E-state index in [0.29, 0.717) is 12.5 Å². The smallest absolute Gasteiger partial charge is 0.119 e. The van der Waals surface area contributed by atoms with Crippen LogP contribution in [0, 0.1) is 0 Å². The Balaban J connectivity index is 1.75. The third kappa shape index (κ3) is 3.25. The predicted molar refractivity (Wildman–Crippen MR) is 89.7 cm³/mol. The third-order valence-corrected chi connectivity index (χ3v) is 4.40. The Bertz CT molecular complexity index is 639. The lowest BCUT2D eigenvalue weighted by molar-refractivity contribution is 0.300. The number of aliphatic hydroxyl groups excluding tert-OH is 1. The number of methoxy groups -OCH3 is 1. The minimum Gasteiger partial charge on any atom is -0.497 e. The molecule has 1 aliphatic rings. The van der Waals surface area contributed by atoms with E-state index in [-0.39, 0.29) is 6.61 Å². The number of aryl methyl sites for hydroxylation is 1. The summed E-state index contributed by atoms with van der Waals surface area (Å²) in [6, 6.07) is 15.1. The quantitative estimate of drug-likeness (QED) is 0.890. The lowest BCUT2D eigenvalue weighted by Gasteiger charge is -2.27. The molecule has 0 spiro atoms. The summed E-state index contributed by atoms with van der Waals surface area (Å²) in [7, 11) is 1.71. The highest BCUT2D eigenvalue weighted by Crippen LogP contribution is 2.28. The van der Waals surface area contributed by atoms with E-state index < -0.39 is 0 Å². The molecule has 0 saturated heterocycles. The molecule has 3 heteroatoms. The second kappa shape index (κ2) is 6.84. The molecule has 1 unspecified atom stereocenters. The van der Waals surface area contributed by atoms with Gasteiger partial charge in [-0.25, -0.2) is 0 Å². The van der Waals surface area contributed by atoms with Crippen LogP contribution in [-0.4, -0.2) is 24.9 Å².